The molecular formula is C14H14O2. The summed E-state index contributed by atoms with van der Waals surface area (Å²) in [6, 6.07) is 9.67. The van der Waals surface area contributed by atoms with Gasteiger partial charge in [-0.3, -0.25) is 4.79 Å². The second kappa shape index (κ2) is 3.97. The van der Waals surface area contributed by atoms with Gasteiger partial charge in [-0.25, -0.2) is 0 Å². The summed E-state index contributed by atoms with van der Waals surface area (Å²) in [5, 5.41) is 9.57. The first kappa shape index (κ1) is 10.7. The molecule has 0 heterocycles. The predicted octanol–water partition coefficient (Wildman–Crippen LogP) is 3.12. The summed E-state index contributed by atoms with van der Waals surface area (Å²) in [5.41, 5.74) is 2.41. The second-order valence-corrected chi connectivity index (χ2v) is 4.09. The van der Waals surface area contributed by atoms with Gasteiger partial charge in [0, 0.05) is 11.5 Å². The van der Waals surface area contributed by atoms with Crippen molar-refractivity contribution < 1.29 is 9.90 Å². The fourth-order valence-corrected chi connectivity index (χ4v) is 1.87. The van der Waals surface area contributed by atoms with E-state index in [0.29, 0.717) is 5.57 Å². The maximum absolute atomic E-state index is 11.8. The van der Waals surface area contributed by atoms with Crippen LogP contribution in [0.25, 0.3) is 6.08 Å². The van der Waals surface area contributed by atoms with Gasteiger partial charge in [0.25, 0.3) is 0 Å². The van der Waals surface area contributed by atoms with Crippen molar-refractivity contribution in [2.24, 2.45) is 5.92 Å². The monoisotopic (exact) mass is 214 g/mol. The average Bonchev–Trinajstić information content (AvgIpc) is 2.48. The minimum atomic E-state index is -0.242. The molecule has 0 spiro atoms. The van der Waals surface area contributed by atoms with Gasteiger partial charge in [-0.2, -0.15) is 0 Å². The molecule has 0 radical (unpaired) electrons. The zero-order valence-electron chi connectivity index (χ0n) is 9.40. The fourth-order valence-electron chi connectivity index (χ4n) is 1.87. The molecule has 1 aliphatic carbocycles. The molecule has 1 aliphatic rings. The molecule has 0 amide bonds. The van der Waals surface area contributed by atoms with Gasteiger partial charge in [0.15, 0.2) is 5.76 Å². The molecule has 2 nitrogen and oxygen atoms in total. The number of hydrogen-bond donors (Lipinski definition) is 1. The second-order valence-electron chi connectivity index (χ2n) is 4.09. The minimum Gasteiger partial charge on any atom is -0.504 e. The smallest absolute Gasteiger partial charge is 0.223 e. The highest BCUT2D eigenvalue weighted by molar-refractivity contribution is 6.13. The van der Waals surface area contributed by atoms with Crippen LogP contribution in [0.1, 0.15) is 19.4 Å². The van der Waals surface area contributed by atoms with Gasteiger partial charge in [0.1, 0.15) is 0 Å². The van der Waals surface area contributed by atoms with E-state index in [0.717, 1.165) is 11.1 Å². The first-order valence-corrected chi connectivity index (χ1v) is 5.32. The van der Waals surface area contributed by atoms with Gasteiger partial charge in [-0.15, -0.1) is 0 Å². The quantitative estimate of drug-likeness (QED) is 0.729. The van der Waals surface area contributed by atoms with E-state index in [-0.39, 0.29) is 17.5 Å². The molecule has 1 aromatic rings. The Morgan fingerprint density at radius 1 is 1.25 bits per heavy atom. The SMILES string of the molecule is CC1=C(O)C(=O)C(=Cc2ccccc2)C1C. The molecule has 1 aromatic carbocycles. The number of aliphatic hydroxyl groups is 1. The number of Topliss-reactive ketones (excluding diaryl/α,β-unsaturated/α-hetero) is 1. The zero-order chi connectivity index (χ0) is 11.7. The fraction of sp³-hybridized carbons (Fsp3) is 0.214. The van der Waals surface area contributed by atoms with Crippen LogP contribution in [-0.4, -0.2) is 10.9 Å². The molecule has 82 valence electrons. The summed E-state index contributed by atoms with van der Waals surface area (Å²) in [6.45, 7) is 3.73. The number of aliphatic hydroxyl groups excluding tert-OH is 1. The van der Waals surface area contributed by atoms with Crippen LogP contribution in [0.2, 0.25) is 0 Å². The van der Waals surface area contributed by atoms with Crippen LogP contribution >= 0.6 is 0 Å². The summed E-state index contributed by atoms with van der Waals surface area (Å²) in [7, 11) is 0. The molecule has 1 N–H and O–H groups in total. The third kappa shape index (κ3) is 1.67. The number of ketones is 1. The zero-order valence-corrected chi connectivity index (χ0v) is 9.40. The van der Waals surface area contributed by atoms with Crippen molar-refractivity contribution in [3.63, 3.8) is 0 Å². The third-order valence-electron chi connectivity index (χ3n) is 3.09. The van der Waals surface area contributed by atoms with Gasteiger partial charge >= 0.3 is 0 Å². The average molecular weight is 214 g/mol. The first-order chi connectivity index (χ1) is 7.61. The highest BCUT2D eigenvalue weighted by Crippen LogP contribution is 2.33. The molecule has 2 rings (SSSR count). The topological polar surface area (TPSA) is 37.3 Å². The number of carbonyl (C=O) groups is 1. The molecule has 2 heteroatoms. The maximum atomic E-state index is 11.8. The summed E-state index contributed by atoms with van der Waals surface area (Å²) >= 11 is 0. The Balaban J connectivity index is 2.39. The summed E-state index contributed by atoms with van der Waals surface area (Å²) < 4.78 is 0. The van der Waals surface area contributed by atoms with E-state index in [2.05, 4.69) is 0 Å². The largest absolute Gasteiger partial charge is 0.504 e. The Morgan fingerprint density at radius 3 is 2.38 bits per heavy atom. The minimum absolute atomic E-state index is 0.00714. The lowest BCUT2D eigenvalue weighted by molar-refractivity contribution is -0.114. The predicted molar refractivity (Wildman–Crippen MR) is 63.9 cm³/mol. The van der Waals surface area contributed by atoms with E-state index in [1.165, 1.54) is 0 Å². The Hall–Kier alpha value is -1.83. The van der Waals surface area contributed by atoms with Crippen molar-refractivity contribution in [1.82, 2.24) is 0 Å². The standard InChI is InChI=1S/C14H14O2/c1-9-10(2)13(15)14(16)12(9)8-11-6-4-3-5-7-11/h3-9,15H,1-2H3. The van der Waals surface area contributed by atoms with Crippen molar-refractivity contribution in [1.29, 1.82) is 0 Å². The molecule has 0 aromatic heterocycles. The normalized spacial score (nSPS) is 23.2. The number of benzene rings is 1. The van der Waals surface area contributed by atoms with Crippen molar-refractivity contribution in [3.8, 4) is 0 Å². The lowest BCUT2D eigenvalue weighted by Crippen LogP contribution is -2.02. The number of allylic oxidation sites excluding steroid dienone is 2. The Bertz CT molecular complexity index is 481. The third-order valence-corrected chi connectivity index (χ3v) is 3.09. The van der Waals surface area contributed by atoms with Crippen molar-refractivity contribution in [2.45, 2.75) is 13.8 Å². The first-order valence-electron chi connectivity index (χ1n) is 5.32. The maximum Gasteiger partial charge on any atom is 0.223 e. The van der Waals surface area contributed by atoms with Crippen LogP contribution in [0, 0.1) is 5.92 Å². The van der Waals surface area contributed by atoms with E-state index in [1.54, 1.807) is 6.92 Å². The van der Waals surface area contributed by atoms with Crippen LogP contribution in [0.5, 0.6) is 0 Å². The molecule has 1 atom stereocenters. The highest BCUT2D eigenvalue weighted by Gasteiger charge is 2.31. The lowest BCUT2D eigenvalue weighted by Gasteiger charge is -2.05. The van der Waals surface area contributed by atoms with Gasteiger partial charge in [-0.1, -0.05) is 37.3 Å². The Kier molecular flexibility index (Phi) is 2.65. The molecule has 0 aliphatic heterocycles. The molecule has 0 fully saturated rings. The summed E-state index contributed by atoms with van der Waals surface area (Å²) in [4.78, 5) is 11.8. The highest BCUT2D eigenvalue weighted by atomic mass is 16.3. The summed E-state index contributed by atoms with van der Waals surface area (Å²) in [6.07, 6.45) is 1.85. The van der Waals surface area contributed by atoms with E-state index in [1.807, 2.05) is 43.3 Å². The summed E-state index contributed by atoms with van der Waals surface area (Å²) in [5.74, 6) is -0.323. The number of hydrogen-bond acceptors (Lipinski definition) is 2. The number of rotatable bonds is 1. The van der Waals surface area contributed by atoms with Crippen LogP contribution in [0.4, 0.5) is 0 Å². The van der Waals surface area contributed by atoms with Crippen molar-refractivity contribution in [3.05, 3.63) is 52.8 Å². The molecule has 16 heavy (non-hydrogen) atoms. The molecule has 1 unspecified atom stereocenters. The van der Waals surface area contributed by atoms with E-state index in [4.69, 9.17) is 0 Å². The molecular weight excluding hydrogens is 200 g/mol. The Morgan fingerprint density at radius 2 is 1.88 bits per heavy atom. The van der Waals surface area contributed by atoms with E-state index < -0.39 is 0 Å². The van der Waals surface area contributed by atoms with Gasteiger partial charge in [0.05, 0.1) is 0 Å². The molecule has 0 saturated carbocycles. The number of carbonyl (C=O) groups excluding carboxylic acids is 1. The van der Waals surface area contributed by atoms with Crippen LogP contribution < -0.4 is 0 Å². The lowest BCUT2D eigenvalue weighted by atomic mass is 9.97. The molecule has 0 saturated heterocycles. The van der Waals surface area contributed by atoms with Gasteiger partial charge < -0.3 is 5.11 Å². The van der Waals surface area contributed by atoms with Crippen LogP contribution in [0.3, 0.4) is 0 Å². The molecule has 0 bridgehead atoms. The van der Waals surface area contributed by atoms with Crippen LogP contribution in [0.15, 0.2) is 47.2 Å². The van der Waals surface area contributed by atoms with Gasteiger partial charge in [0.2, 0.25) is 5.78 Å². The van der Waals surface area contributed by atoms with E-state index >= 15 is 0 Å². The Labute approximate surface area is 94.9 Å². The van der Waals surface area contributed by atoms with Crippen molar-refractivity contribution >= 4 is 11.9 Å². The van der Waals surface area contributed by atoms with E-state index in [9.17, 15) is 9.90 Å². The van der Waals surface area contributed by atoms with Crippen molar-refractivity contribution in [2.75, 3.05) is 0 Å². The van der Waals surface area contributed by atoms with Gasteiger partial charge in [-0.05, 0) is 24.1 Å². The van der Waals surface area contributed by atoms with Crippen LogP contribution in [-0.2, 0) is 4.79 Å².